The van der Waals surface area contributed by atoms with Crippen molar-refractivity contribution in [2.75, 3.05) is 6.54 Å². The Bertz CT molecular complexity index is 634. The number of nitro groups is 1. The molecular formula is C11H13N3O4S. The van der Waals surface area contributed by atoms with Crippen molar-refractivity contribution in [3.63, 3.8) is 0 Å². The predicted molar refractivity (Wildman–Crippen MR) is 67.8 cm³/mol. The number of nitriles is 1. The van der Waals surface area contributed by atoms with Crippen molar-refractivity contribution in [3.05, 3.63) is 33.9 Å². The summed E-state index contributed by atoms with van der Waals surface area (Å²) < 4.78 is 26.4. The van der Waals surface area contributed by atoms with Gasteiger partial charge in [0, 0.05) is 12.6 Å². The zero-order valence-electron chi connectivity index (χ0n) is 10.5. The molecule has 1 atom stereocenters. The number of hydrogen-bond acceptors (Lipinski definition) is 5. The van der Waals surface area contributed by atoms with Crippen LogP contribution in [0.4, 0.5) is 5.69 Å². The van der Waals surface area contributed by atoms with Crippen LogP contribution in [0.3, 0.4) is 0 Å². The van der Waals surface area contributed by atoms with Gasteiger partial charge in [-0.2, -0.15) is 5.26 Å². The second kappa shape index (κ2) is 5.77. The van der Waals surface area contributed by atoms with Crippen molar-refractivity contribution >= 4 is 15.7 Å². The van der Waals surface area contributed by atoms with E-state index in [2.05, 4.69) is 4.72 Å². The molecule has 0 aliphatic rings. The lowest BCUT2D eigenvalue weighted by molar-refractivity contribution is -0.387. The van der Waals surface area contributed by atoms with Crippen molar-refractivity contribution < 1.29 is 13.3 Å². The van der Waals surface area contributed by atoms with E-state index < -0.39 is 26.6 Å². The molecule has 0 aromatic heterocycles. The van der Waals surface area contributed by atoms with Gasteiger partial charge in [0.2, 0.25) is 10.0 Å². The van der Waals surface area contributed by atoms with Gasteiger partial charge in [-0.25, -0.2) is 13.1 Å². The normalized spacial score (nSPS) is 12.7. The molecule has 0 fully saturated rings. The molecule has 19 heavy (non-hydrogen) atoms. The Labute approximate surface area is 111 Å². The highest BCUT2D eigenvalue weighted by Gasteiger charge is 2.27. The second-order valence-corrected chi connectivity index (χ2v) is 5.77. The van der Waals surface area contributed by atoms with Crippen LogP contribution in [0, 0.1) is 34.3 Å². The second-order valence-electron chi connectivity index (χ2n) is 4.06. The topological polar surface area (TPSA) is 113 Å². The molecule has 0 heterocycles. The molecule has 0 spiro atoms. The van der Waals surface area contributed by atoms with Crippen LogP contribution in [0.2, 0.25) is 0 Å². The smallest absolute Gasteiger partial charge is 0.258 e. The fourth-order valence-electron chi connectivity index (χ4n) is 1.48. The van der Waals surface area contributed by atoms with Gasteiger partial charge in [0.15, 0.2) is 4.90 Å². The van der Waals surface area contributed by atoms with E-state index in [9.17, 15) is 18.5 Å². The first-order valence-electron chi connectivity index (χ1n) is 5.43. The van der Waals surface area contributed by atoms with Crippen LogP contribution < -0.4 is 4.72 Å². The van der Waals surface area contributed by atoms with E-state index in [4.69, 9.17) is 5.26 Å². The van der Waals surface area contributed by atoms with Gasteiger partial charge in [-0.05, 0) is 19.4 Å². The third-order valence-corrected chi connectivity index (χ3v) is 4.07. The molecule has 0 amide bonds. The van der Waals surface area contributed by atoms with Crippen molar-refractivity contribution in [3.8, 4) is 6.07 Å². The van der Waals surface area contributed by atoms with Crippen molar-refractivity contribution in [1.29, 1.82) is 5.26 Å². The van der Waals surface area contributed by atoms with Gasteiger partial charge >= 0.3 is 0 Å². The average Bonchev–Trinajstić information content (AvgIpc) is 2.35. The summed E-state index contributed by atoms with van der Waals surface area (Å²) in [5.74, 6) is -0.516. The van der Waals surface area contributed by atoms with Crippen LogP contribution in [-0.4, -0.2) is 19.9 Å². The summed E-state index contributed by atoms with van der Waals surface area (Å²) in [5, 5.41) is 19.5. The molecule has 0 aliphatic carbocycles. The van der Waals surface area contributed by atoms with Gasteiger partial charge in [0.1, 0.15) is 0 Å². The zero-order chi connectivity index (χ0) is 14.6. The number of aryl methyl sites for hydroxylation is 1. The maximum Gasteiger partial charge on any atom is 0.289 e. The molecule has 0 bridgehead atoms. The summed E-state index contributed by atoms with van der Waals surface area (Å²) >= 11 is 0. The number of benzene rings is 1. The molecule has 0 radical (unpaired) electrons. The fraction of sp³-hybridized carbons (Fsp3) is 0.364. The Balaban J connectivity index is 3.22. The molecule has 1 rings (SSSR count). The van der Waals surface area contributed by atoms with Gasteiger partial charge in [-0.1, -0.05) is 12.1 Å². The van der Waals surface area contributed by atoms with Crippen LogP contribution in [0.15, 0.2) is 23.1 Å². The fourth-order valence-corrected chi connectivity index (χ4v) is 3.01. The highest BCUT2D eigenvalue weighted by Crippen LogP contribution is 2.26. The maximum absolute atomic E-state index is 12.1. The Hall–Kier alpha value is -1.98. The summed E-state index contributed by atoms with van der Waals surface area (Å²) in [7, 11) is -4.01. The van der Waals surface area contributed by atoms with Crippen LogP contribution in [0.1, 0.15) is 12.5 Å². The SMILES string of the molecule is Cc1cccc([N+](=O)[O-])c1S(=O)(=O)NC[C@@H](C)C#N. The van der Waals surface area contributed by atoms with Crippen LogP contribution >= 0.6 is 0 Å². The van der Waals surface area contributed by atoms with Gasteiger partial charge in [-0.15, -0.1) is 0 Å². The molecule has 102 valence electrons. The van der Waals surface area contributed by atoms with E-state index in [-0.39, 0.29) is 17.0 Å². The lowest BCUT2D eigenvalue weighted by atomic mass is 10.2. The lowest BCUT2D eigenvalue weighted by Gasteiger charge is -2.10. The maximum atomic E-state index is 12.1. The van der Waals surface area contributed by atoms with Gasteiger partial charge in [0.25, 0.3) is 5.69 Å². The van der Waals surface area contributed by atoms with Crippen molar-refractivity contribution in [2.45, 2.75) is 18.7 Å². The molecule has 0 aliphatic heterocycles. The van der Waals surface area contributed by atoms with E-state index in [1.165, 1.54) is 19.1 Å². The summed E-state index contributed by atoms with van der Waals surface area (Å²) in [6, 6.07) is 5.92. The highest BCUT2D eigenvalue weighted by molar-refractivity contribution is 7.89. The molecule has 1 aromatic carbocycles. The number of sulfonamides is 1. The highest BCUT2D eigenvalue weighted by atomic mass is 32.2. The number of nitro benzene ring substituents is 1. The van der Waals surface area contributed by atoms with E-state index in [1.54, 1.807) is 6.92 Å². The van der Waals surface area contributed by atoms with E-state index in [0.29, 0.717) is 0 Å². The van der Waals surface area contributed by atoms with Gasteiger partial charge < -0.3 is 0 Å². The summed E-state index contributed by atoms with van der Waals surface area (Å²) in [5.41, 5.74) is -0.191. The number of hydrogen-bond donors (Lipinski definition) is 1. The monoisotopic (exact) mass is 283 g/mol. The van der Waals surface area contributed by atoms with E-state index in [0.717, 1.165) is 6.07 Å². The van der Waals surface area contributed by atoms with E-state index >= 15 is 0 Å². The molecule has 0 saturated heterocycles. The molecular weight excluding hydrogens is 270 g/mol. The van der Waals surface area contributed by atoms with Crippen LogP contribution in [0.5, 0.6) is 0 Å². The Morgan fingerprint density at radius 1 is 1.53 bits per heavy atom. The first-order chi connectivity index (χ1) is 8.79. The zero-order valence-corrected chi connectivity index (χ0v) is 11.3. The summed E-state index contributed by atoms with van der Waals surface area (Å²) in [6.07, 6.45) is 0. The minimum atomic E-state index is -4.01. The standard InChI is InChI=1S/C11H13N3O4S/c1-8(6-12)7-13-19(17,18)11-9(2)4-3-5-10(11)14(15)16/h3-5,8,13H,7H2,1-2H3/t8-/m0/s1. The number of nitrogens with zero attached hydrogens (tertiary/aromatic N) is 2. The quantitative estimate of drug-likeness (QED) is 0.647. The first-order valence-corrected chi connectivity index (χ1v) is 6.91. The van der Waals surface area contributed by atoms with Crippen molar-refractivity contribution in [1.82, 2.24) is 4.72 Å². The average molecular weight is 283 g/mol. The molecule has 0 saturated carbocycles. The minimum Gasteiger partial charge on any atom is -0.258 e. The van der Waals surface area contributed by atoms with Crippen molar-refractivity contribution in [2.24, 2.45) is 5.92 Å². The Morgan fingerprint density at radius 3 is 2.68 bits per heavy atom. The summed E-state index contributed by atoms with van der Waals surface area (Å²) in [6.45, 7) is 2.94. The molecule has 1 aromatic rings. The van der Waals surface area contributed by atoms with Gasteiger partial charge in [0.05, 0.1) is 16.9 Å². The third-order valence-electron chi connectivity index (χ3n) is 2.46. The molecule has 8 heteroatoms. The molecule has 1 N–H and O–H groups in total. The number of rotatable bonds is 5. The van der Waals surface area contributed by atoms with Crippen LogP contribution in [0.25, 0.3) is 0 Å². The Morgan fingerprint density at radius 2 is 2.16 bits per heavy atom. The molecule has 0 unspecified atom stereocenters. The first kappa shape index (κ1) is 15.1. The van der Waals surface area contributed by atoms with E-state index in [1.807, 2.05) is 6.07 Å². The minimum absolute atomic E-state index is 0.0929. The van der Waals surface area contributed by atoms with Gasteiger partial charge in [-0.3, -0.25) is 10.1 Å². The van der Waals surface area contributed by atoms with Crippen LogP contribution in [-0.2, 0) is 10.0 Å². The third kappa shape index (κ3) is 3.49. The Kier molecular flexibility index (Phi) is 4.58. The largest absolute Gasteiger partial charge is 0.289 e. The molecule has 7 nitrogen and oxygen atoms in total. The predicted octanol–water partition coefficient (Wildman–Crippen LogP) is 1.34. The number of nitrogens with one attached hydrogen (secondary N) is 1. The summed E-state index contributed by atoms with van der Waals surface area (Å²) in [4.78, 5) is 9.78. The lowest BCUT2D eigenvalue weighted by Crippen LogP contribution is -2.29.